The van der Waals surface area contributed by atoms with Gasteiger partial charge >= 0.3 is 5.97 Å². The van der Waals surface area contributed by atoms with E-state index in [9.17, 15) is 4.79 Å². The minimum atomic E-state index is -0.202. The molecule has 0 aromatic heterocycles. The van der Waals surface area contributed by atoms with Gasteiger partial charge in [0, 0.05) is 0 Å². The van der Waals surface area contributed by atoms with Gasteiger partial charge in [0.15, 0.2) is 0 Å². The summed E-state index contributed by atoms with van der Waals surface area (Å²) in [6.45, 7) is 0. The molecule has 2 nitrogen and oxygen atoms in total. The van der Waals surface area contributed by atoms with Crippen molar-refractivity contribution < 1.29 is 9.53 Å². The van der Waals surface area contributed by atoms with Crippen molar-refractivity contribution in [2.45, 2.75) is 32.1 Å². The lowest BCUT2D eigenvalue weighted by Crippen LogP contribution is -2.12. The van der Waals surface area contributed by atoms with Gasteiger partial charge in [0.1, 0.15) is 5.75 Å². The maximum atomic E-state index is 11.9. The van der Waals surface area contributed by atoms with E-state index >= 15 is 0 Å². The average Bonchev–Trinajstić information content (AvgIpc) is 2.48. The number of carbonyl (C=O) groups excluding carboxylic acids is 1. The van der Waals surface area contributed by atoms with Crippen LogP contribution in [0.4, 0.5) is 0 Å². The largest absolute Gasteiger partial charge is 0.426 e. The van der Waals surface area contributed by atoms with Gasteiger partial charge in [-0.1, -0.05) is 36.4 Å². The summed E-state index contributed by atoms with van der Waals surface area (Å²) in [5, 5.41) is 0. The first-order valence-electron chi connectivity index (χ1n) is 7.18. The molecule has 0 saturated heterocycles. The third-order valence-corrected chi connectivity index (χ3v) is 3.74. The Balaban J connectivity index is 1.67. The molecule has 1 aliphatic carbocycles. The van der Waals surface area contributed by atoms with Crippen LogP contribution in [0, 0.1) is 0 Å². The van der Waals surface area contributed by atoms with E-state index in [4.69, 9.17) is 4.74 Å². The number of esters is 1. The maximum Gasteiger partial charge on any atom is 0.315 e. The highest BCUT2D eigenvalue weighted by Crippen LogP contribution is 2.25. The van der Waals surface area contributed by atoms with Gasteiger partial charge < -0.3 is 4.74 Å². The Labute approximate surface area is 119 Å². The summed E-state index contributed by atoms with van der Waals surface area (Å²) in [5.41, 5.74) is 3.72. The summed E-state index contributed by atoms with van der Waals surface area (Å²) in [7, 11) is 0. The van der Waals surface area contributed by atoms with Crippen molar-refractivity contribution in [3.63, 3.8) is 0 Å². The Hall–Kier alpha value is -2.09. The van der Waals surface area contributed by atoms with Gasteiger partial charge in [-0.25, -0.2) is 0 Å². The van der Waals surface area contributed by atoms with Crippen LogP contribution >= 0.6 is 0 Å². The summed E-state index contributed by atoms with van der Waals surface area (Å²) >= 11 is 0. The van der Waals surface area contributed by atoms with Crippen LogP contribution in [0.3, 0.4) is 0 Å². The van der Waals surface area contributed by atoms with Gasteiger partial charge in [0.2, 0.25) is 0 Å². The molecule has 0 fully saturated rings. The van der Waals surface area contributed by atoms with Crippen LogP contribution in [-0.2, 0) is 24.1 Å². The lowest BCUT2D eigenvalue weighted by Gasteiger charge is -2.16. The Morgan fingerprint density at radius 3 is 2.50 bits per heavy atom. The highest BCUT2D eigenvalue weighted by atomic mass is 16.5. The van der Waals surface area contributed by atoms with Crippen molar-refractivity contribution in [2.24, 2.45) is 0 Å². The first kappa shape index (κ1) is 12.9. The number of benzene rings is 2. The van der Waals surface area contributed by atoms with Crippen molar-refractivity contribution >= 4 is 5.97 Å². The fourth-order valence-electron chi connectivity index (χ4n) is 2.70. The molecule has 0 bridgehead atoms. The summed E-state index contributed by atoms with van der Waals surface area (Å²) in [6.07, 6.45) is 5.06. The summed E-state index contributed by atoms with van der Waals surface area (Å²) < 4.78 is 5.45. The van der Waals surface area contributed by atoms with Gasteiger partial charge in [0.25, 0.3) is 0 Å². The zero-order chi connectivity index (χ0) is 13.8. The monoisotopic (exact) mass is 266 g/mol. The Kier molecular flexibility index (Phi) is 3.82. The molecule has 2 heteroatoms. The Morgan fingerprint density at radius 2 is 1.70 bits per heavy atom. The molecule has 0 atom stereocenters. The van der Waals surface area contributed by atoms with Crippen molar-refractivity contribution in [1.82, 2.24) is 0 Å². The SMILES string of the molecule is O=C(Cc1ccccc1)Oc1ccc2c(c1)CCCC2. The second-order valence-electron chi connectivity index (χ2n) is 5.27. The van der Waals surface area contributed by atoms with Crippen molar-refractivity contribution in [3.05, 3.63) is 65.2 Å². The second kappa shape index (κ2) is 5.91. The number of hydrogen-bond acceptors (Lipinski definition) is 2. The molecule has 0 unspecified atom stereocenters. The molecule has 0 radical (unpaired) electrons. The summed E-state index contributed by atoms with van der Waals surface area (Å²) in [5.74, 6) is 0.471. The first-order valence-corrected chi connectivity index (χ1v) is 7.18. The van der Waals surface area contributed by atoms with E-state index in [0.29, 0.717) is 12.2 Å². The van der Waals surface area contributed by atoms with Crippen molar-refractivity contribution in [1.29, 1.82) is 0 Å². The molecule has 1 aliphatic rings. The molecule has 3 rings (SSSR count). The van der Waals surface area contributed by atoms with Gasteiger partial charge in [-0.2, -0.15) is 0 Å². The zero-order valence-corrected chi connectivity index (χ0v) is 11.5. The van der Waals surface area contributed by atoms with Crippen LogP contribution in [-0.4, -0.2) is 5.97 Å². The van der Waals surface area contributed by atoms with E-state index < -0.39 is 0 Å². The molecule has 0 heterocycles. The van der Waals surface area contributed by atoms with E-state index in [1.807, 2.05) is 42.5 Å². The van der Waals surface area contributed by atoms with E-state index in [-0.39, 0.29) is 5.97 Å². The van der Waals surface area contributed by atoms with E-state index in [1.54, 1.807) is 0 Å². The van der Waals surface area contributed by atoms with Crippen molar-refractivity contribution in [2.75, 3.05) is 0 Å². The fraction of sp³-hybridized carbons (Fsp3) is 0.278. The second-order valence-corrected chi connectivity index (χ2v) is 5.27. The minimum Gasteiger partial charge on any atom is -0.426 e. The van der Waals surface area contributed by atoms with Crippen LogP contribution in [0.25, 0.3) is 0 Å². The normalized spacial score (nSPS) is 13.6. The molecule has 0 spiro atoms. The first-order chi connectivity index (χ1) is 9.81. The van der Waals surface area contributed by atoms with Gasteiger partial charge in [-0.15, -0.1) is 0 Å². The summed E-state index contributed by atoms with van der Waals surface area (Å²) in [4.78, 5) is 11.9. The third-order valence-electron chi connectivity index (χ3n) is 3.74. The highest BCUT2D eigenvalue weighted by Gasteiger charge is 2.12. The van der Waals surface area contributed by atoms with Gasteiger partial charge in [0.05, 0.1) is 6.42 Å². The van der Waals surface area contributed by atoms with Crippen LogP contribution < -0.4 is 4.74 Å². The van der Waals surface area contributed by atoms with E-state index in [0.717, 1.165) is 18.4 Å². The highest BCUT2D eigenvalue weighted by molar-refractivity contribution is 5.75. The lowest BCUT2D eigenvalue weighted by atomic mass is 9.92. The molecular weight excluding hydrogens is 248 g/mol. The quantitative estimate of drug-likeness (QED) is 0.625. The van der Waals surface area contributed by atoms with Crippen LogP contribution in [0.5, 0.6) is 5.75 Å². The molecule has 2 aromatic carbocycles. The Bertz CT molecular complexity index is 602. The average molecular weight is 266 g/mol. The molecular formula is C18H18O2. The number of hydrogen-bond donors (Lipinski definition) is 0. The predicted octanol–water partition coefficient (Wildman–Crippen LogP) is 3.71. The number of carbonyl (C=O) groups is 1. The molecule has 0 saturated carbocycles. The molecule has 102 valence electrons. The fourth-order valence-corrected chi connectivity index (χ4v) is 2.70. The van der Waals surface area contributed by atoms with Gasteiger partial charge in [-0.05, 0) is 54.5 Å². The van der Waals surface area contributed by atoms with Crippen molar-refractivity contribution in [3.8, 4) is 5.75 Å². The van der Waals surface area contributed by atoms with E-state index in [1.165, 1.54) is 24.0 Å². The third kappa shape index (κ3) is 3.08. The van der Waals surface area contributed by atoms with Gasteiger partial charge in [-0.3, -0.25) is 4.79 Å². The van der Waals surface area contributed by atoms with Crippen LogP contribution in [0.1, 0.15) is 29.5 Å². The Morgan fingerprint density at radius 1 is 0.950 bits per heavy atom. The smallest absolute Gasteiger partial charge is 0.315 e. The molecule has 0 N–H and O–H groups in total. The lowest BCUT2D eigenvalue weighted by molar-refractivity contribution is -0.133. The molecule has 20 heavy (non-hydrogen) atoms. The standard InChI is InChI=1S/C18H18O2/c19-18(12-14-6-2-1-3-7-14)20-17-11-10-15-8-4-5-9-16(15)13-17/h1-3,6-7,10-11,13H,4-5,8-9,12H2. The molecule has 0 aliphatic heterocycles. The predicted molar refractivity (Wildman–Crippen MR) is 78.9 cm³/mol. The minimum absolute atomic E-state index is 0.202. The van der Waals surface area contributed by atoms with E-state index in [2.05, 4.69) is 6.07 Å². The number of rotatable bonds is 3. The molecule has 2 aromatic rings. The number of fused-ring (bicyclic) bond motifs is 1. The topological polar surface area (TPSA) is 26.3 Å². The maximum absolute atomic E-state index is 11.9. The van der Waals surface area contributed by atoms with Crippen LogP contribution in [0.2, 0.25) is 0 Å². The zero-order valence-electron chi connectivity index (χ0n) is 11.5. The number of ether oxygens (including phenoxy) is 1. The molecule has 0 amide bonds. The summed E-state index contributed by atoms with van der Waals surface area (Å²) in [6, 6.07) is 15.7. The number of aryl methyl sites for hydroxylation is 2. The van der Waals surface area contributed by atoms with Crippen LogP contribution in [0.15, 0.2) is 48.5 Å².